The number of thioether (sulfide) groups is 1. The molecule has 4 nitrogen and oxygen atoms in total. The van der Waals surface area contributed by atoms with E-state index in [1.54, 1.807) is 12.1 Å². The molecule has 0 heterocycles. The highest BCUT2D eigenvalue weighted by atomic mass is 32.2. The van der Waals surface area contributed by atoms with Gasteiger partial charge in [0.1, 0.15) is 0 Å². The molecule has 0 aromatic heterocycles. The van der Waals surface area contributed by atoms with E-state index in [1.807, 2.05) is 11.8 Å². The Labute approximate surface area is 112 Å². The van der Waals surface area contributed by atoms with Crippen LogP contribution in [0.5, 0.6) is 0 Å². The number of carbonyl (C=O) groups is 1. The molecule has 1 aromatic carbocycles. The minimum atomic E-state index is -0.946. The molecule has 1 aromatic rings. The molecule has 0 atom stereocenters. The molecule has 0 spiro atoms. The molecular formula is C13H20N2O2S. The number of anilines is 2. The molecule has 1 rings (SSSR count). The number of carboxylic acid groups (broad SMARTS) is 1. The molecule has 0 aliphatic heterocycles. The van der Waals surface area contributed by atoms with E-state index in [9.17, 15) is 4.79 Å². The van der Waals surface area contributed by atoms with E-state index >= 15 is 0 Å². The van der Waals surface area contributed by atoms with Crippen LogP contribution in [-0.4, -0.2) is 35.7 Å². The van der Waals surface area contributed by atoms with Crippen LogP contribution >= 0.6 is 11.8 Å². The predicted octanol–water partition coefficient (Wildman–Crippen LogP) is 2.55. The van der Waals surface area contributed by atoms with Gasteiger partial charge in [-0.3, -0.25) is 0 Å². The average Bonchev–Trinajstić information content (AvgIpc) is 2.35. The predicted molar refractivity (Wildman–Crippen MR) is 78.7 cm³/mol. The van der Waals surface area contributed by atoms with Gasteiger partial charge < -0.3 is 15.7 Å². The third-order valence-electron chi connectivity index (χ3n) is 2.71. The highest BCUT2D eigenvalue weighted by Crippen LogP contribution is 2.24. The van der Waals surface area contributed by atoms with Crippen molar-refractivity contribution in [3.05, 3.63) is 23.8 Å². The van der Waals surface area contributed by atoms with E-state index in [1.165, 1.54) is 6.07 Å². The zero-order chi connectivity index (χ0) is 13.5. The number of carboxylic acids is 1. The van der Waals surface area contributed by atoms with Crippen LogP contribution in [0.3, 0.4) is 0 Å². The molecule has 0 aliphatic rings. The lowest BCUT2D eigenvalue weighted by Gasteiger charge is -2.24. The first kappa shape index (κ1) is 14.7. The molecule has 18 heavy (non-hydrogen) atoms. The van der Waals surface area contributed by atoms with Crippen LogP contribution in [0, 0.1) is 0 Å². The largest absolute Gasteiger partial charge is 0.478 e. The SMILES string of the molecule is CCSCCN(CC)c1ccc(C(=O)O)cc1N. The summed E-state index contributed by atoms with van der Waals surface area (Å²) in [6.07, 6.45) is 0. The molecule has 0 bridgehead atoms. The van der Waals surface area contributed by atoms with Crippen LogP contribution in [0.2, 0.25) is 0 Å². The number of nitrogens with two attached hydrogens (primary N) is 1. The molecule has 0 aliphatic carbocycles. The first-order valence-corrected chi connectivity index (χ1v) is 7.21. The molecule has 0 amide bonds. The zero-order valence-corrected chi connectivity index (χ0v) is 11.7. The third kappa shape index (κ3) is 3.84. The lowest BCUT2D eigenvalue weighted by molar-refractivity contribution is 0.0697. The molecule has 0 saturated heterocycles. The normalized spacial score (nSPS) is 10.3. The number of nitrogen functional groups attached to an aromatic ring is 1. The second-order valence-corrected chi connectivity index (χ2v) is 5.25. The molecule has 5 heteroatoms. The first-order valence-electron chi connectivity index (χ1n) is 6.05. The van der Waals surface area contributed by atoms with E-state index in [-0.39, 0.29) is 5.56 Å². The summed E-state index contributed by atoms with van der Waals surface area (Å²) in [6.45, 7) is 5.99. The van der Waals surface area contributed by atoms with E-state index in [2.05, 4.69) is 18.7 Å². The second kappa shape index (κ2) is 7.16. The number of hydrogen-bond acceptors (Lipinski definition) is 4. The van der Waals surface area contributed by atoms with Crippen LogP contribution in [-0.2, 0) is 0 Å². The van der Waals surface area contributed by atoms with Crippen LogP contribution < -0.4 is 10.6 Å². The molecular weight excluding hydrogens is 248 g/mol. The number of rotatable bonds is 7. The van der Waals surface area contributed by atoms with Crippen molar-refractivity contribution in [3.63, 3.8) is 0 Å². The van der Waals surface area contributed by atoms with Crippen molar-refractivity contribution < 1.29 is 9.90 Å². The van der Waals surface area contributed by atoms with Gasteiger partial charge in [-0.2, -0.15) is 11.8 Å². The average molecular weight is 268 g/mol. The van der Waals surface area contributed by atoms with Crippen molar-refractivity contribution in [2.45, 2.75) is 13.8 Å². The highest BCUT2D eigenvalue weighted by Gasteiger charge is 2.10. The summed E-state index contributed by atoms with van der Waals surface area (Å²) in [6, 6.07) is 4.91. The zero-order valence-electron chi connectivity index (χ0n) is 10.8. The monoisotopic (exact) mass is 268 g/mol. The number of benzene rings is 1. The van der Waals surface area contributed by atoms with Crippen molar-refractivity contribution in [1.82, 2.24) is 0 Å². The summed E-state index contributed by atoms with van der Waals surface area (Å²) < 4.78 is 0. The Bertz CT molecular complexity index is 410. The number of hydrogen-bond donors (Lipinski definition) is 2. The summed E-state index contributed by atoms with van der Waals surface area (Å²) >= 11 is 1.88. The maximum atomic E-state index is 10.8. The Morgan fingerprint density at radius 1 is 1.44 bits per heavy atom. The summed E-state index contributed by atoms with van der Waals surface area (Å²) in [5, 5.41) is 8.90. The van der Waals surface area contributed by atoms with E-state index < -0.39 is 5.97 Å². The van der Waals surface area contributed by atoms with Gasteiger partial charge in [-0.25, -0.2) is 4.79 Å². The Morgan fingerprint density at radius 2 is 2.17 bits per heavy atom. The standard InChI is InChI=1S/C13H20N2O2S/c1-3-15(7-8-18-4-2)12-6-5-10(13(16)17)9-11(12)14/h5-6,9H,3-4,7-8,14H2,1-2H3,(H,16,17). The molecule has 100 valence electrons. The van der Waals surface area contributed by atoms with Gasteiger partial charge in [0.15, 0.2) is 0 Å². The number of aromatic carboxylic acids is 1. The van der Waals surface area contributed by atoms with Gasteiger partial charge >= 0.3 is 5.97 Å². The van der Waals surface area contributed by atoms with Crippen LogP contribution in [0.15, 0.2) is 18.2 Å². The van der Waals surface area contributed by atoms with Crippen molar-refractivity contribution in [2.24, 2.45) is 0 Å². The molecule has 0 unspecified atom stereocenters. The fourth-order valence-corrected chi connectivity index (χ4v) is 2.38. The summed E-state index contributed by atoms with van der Waals surface area (Å²) in [4.78, 5) is 13.0. The number of nitrogens with zero attached hydrogens (tertiary/aromatic N) is 1. The van der Waals surface area contributed by atoms with Crippen LogP contribution in [0.1, 0.15) is 24.2 Å². The van der Waals surface area contributed by atoms with Crippen molar-refractivity contribution >= 4 is 29.1 Å². The lowest BCUT2D eigenvalue weighted by atomic mass is 10.1. The highest BCUT2D eigenvalue weighted by molar-refractivity contribution is 7.99. The lowest BCUT2D eigenvalue weighted by Crippen LogP contribution is -2.26. The van der Waals surface area contributed by atoms with Gasteiger partial charge in [0, 0.05) is 18.8 Å². The fraction of sp³-hybridized carbons (Fsp3) is 0.462. The molecule has 0 fully saturated rings. The fourth-order valence-electron chi connectivity index (χ4n) is 1.74. The van der Waals surface area contributed by atoms with Gasteiger partial charge in [0.05, 0.1) is 16.9 Å². The van der Waals surface area contributed by atoms with E-state index in [0.717, 1.165) is 30.3 Å². The summed E-state index contributed by atoms with van der Waals surface area (Å²) in [5.74, 6) is 1.20. The van der Waals surface area contributed by atoms with Crippen molar-refractivity contribution in [3.8, 4) is 0 Å². The van der Waals surface area contributed by atoms with Gasteiger partial charge in [0.2, 0.25) is 0 Å². The quantitative estimate of drug-likeness (QED) is 0.587. The molecule has 0 radical (unpaired) electrons. The maximum Gasteiger partial charge on any atom is 0.335 e. The third-order valence-corrected chi connectivity index (χ3v) is 3.59. The second-order valence-electron chi connectivity index (χ2n) is 3.86. The maximum absolute atomic E-state index is 10.8. The summed E-state index contributed by atoms with van der Waals surface area (Å²) in [7, 11) is 0. The Hall–Kier alpha value is -1.36. The van der Waals surface area contributed by atoms with Gasteiger partial charge in [-0.1, -0.05) is 6.92 Å². The Kier molecular flexibility index (Phi) is 5.85. The molecule has 3 N–H and O–H groups in total. The van der Waals surface area contributed by atoms with Crippen LogP contribution in [0.25, 0.3) is 0 Å². The van der Waals surface area contributed by atoms with E-state index in [4.69, 9.17) is 10.8 Å². The van der Waals surface area contributed by atoms with Crippen molar-refractivity contribution in [1.29, 1.82) is 0 Å². The van der Waals surface area contributed by atoms with Crippen molar-refractivity contribution in [2.75, 3.05) is 35.2 Å². The smallest absolute Gasteiger partial charge is 0.335 e. The van der Waals surface area contributed by atoms with E-state index in [0.29, 0.717) is 5.69 Å². The first-order chi connectivity index (χ1) is 8.60. The summed E-state index contributed by atoms with van der Waals surface area (Å²) in [5.41, 5.74) is 7.60. The molecule has 0 saturated carbocycles. The minimum absolute atomic E-state index is 0.232. The van der Waals surface area contributed by atoms with Crippen LogP contribution in [0.4, 0.5) is 11.4 Å². The Balaban J connectivity index is 2.82. The Morgan fingerprint density at radius 3 is 2.67 bits per heavy atom. The topological polar surface area (TPSA) is 66.6 Å². The van der Waals surface area contributed by atoms with Gasteiger partial charge in [-0.05, 0) is 30.9 Å². The minimum Gasteiger partial charge on any atom is -0.478 e. The van der Waals surface area contributed by atoms with Gasteiger partial charge in [0.25, 0.3) is 0 Å². The van der Waals surface area contributed by atoms with Gasteiger partial charge in [-0.15, -0.1) is 0 Å².